The van der Waals surface area contributed by atoms with Crippen molar-refractivity contribution in [3.05, 3.63) is 59.4 Å². The second-order valence-corrected chi connectivity index (χ2v) is 8.70. The summed E-state index contributed by atoms with van der Waals surface area (Å²) in [5.74, 6) is 0.589. The topological polar surface area (TPSA) is 76.7 Å². The van der Waals surface area contributed by atoms with Gasteiger partial charge in [0.15, 0.2) is 5.72 Å². The average molecular weight is 424 g/mol. The van der Waals surface area contributed by atoms with Crippen molar-refractivity contribution in [3.63, 3.8) is 0 Å². The minimum atomic E-state index is -0.790. The maximum absolute atomic E-state index is 13.9. The van der Waals surface area contributed by atoms with E-state index in [1.807, 2.05) is 0 Å². The van der Waals surface area contributed by atoms with Gasteiger partial charge in [0.25, 0.3) is 5.91 Å². The summed E-state index contributed by atoms with van der Waals surface area (Å²) in [6, 6.07) is 11.6. The molecule has 3 aliphatic carbocycles. The van der Waals surface area contributed by atoms with Crippen LogP contribution >= 0.6 is 0 Å². The van der Waals surface area contributed by atoms with Crippen LogP contribution in [-0.4, -0.2) is 24.6 Å². The summed E-state index contributed by atoms with van der Waals surface area (Å²) in [5, 5.41) is 6.00. The highest BCUT2D eigenvalue weighted by Gasteiger charge is 2.57. The highest BCUT2D eigenvalue weighted by molar-refractivity contribution is 5.98. The fourth-order valence-corrected chi connectivity index (χ4v) is 5.39. The number of nitrogens with one attached hydrogen (secondary N) is 2. The van der Waals surface area contributed by atoms with Crippen LogP contribution in [0.5, 0.6) is 11.5 Å². The van der Waals surface area contributed by atoms with Crippen LogP contribution in [-0.2, 0) is 11.3 Å². The number of ether oxygens (including phenoxy) is 2. The van der Waals surface area contributed by atoms with Crippen molar-refractivity contribution in [2.45, 2.75) is 38.0 Å². The molecule has 4 aliphatic rings. The van der Waals surface area contributed by atoms with E-state index in [2.05, 4.69) is 10.6 Å². The lowest BCUT2D eigenvalue weighted by atomic mass is 9.60. The summed E-state index contributed by atoms with van der Waals surface area (Å²) in [5.41, 5.74) is 0.176. The normalized spacial score (nSPS) is 28.5. The molecule has 2 aromatic carbocycles. The summed E-state index contributed by atoms with van der Waals surface area (Å²) in [6.07, 6.45) is 3.01. The number of carbonyl (C=O) groups excluding carboxylic acids is 2. The van der Waals surface area contributed by atoms with Crippen LogP contribution in [0.2, 0.25) is 0 Å². The van der Waals surface area contributed by atoms with Crippen molar-refractivity contribution in [1.29, 1.82) is 0 Å². The summed E-state index contributed by atoms with van der Waals surface area (Å²) < 4.78 is 25.5. The lowest BCUT2D eigenvalue weighted by Crippen LogP contribution is -2.66. The number of benzene rings is 2. The van der Waals surface area contributed by atoms with Crippen molar-refractivity contribution in [1.82, 2.24) is 10.6 Å². The number of rotatable bonds is 4. The molecule has 0 saturated heterocycles. The van der Waals surface area contributed by atoms with E-state index in [4.69, 9.17) is 9.47 Å². The van der Waals surface area contributed by atoms with Crippen molar-refractivity contribution in [3.8, 4) is 11.5 Å². The predicted octanol–water partition coefficient (Wildman–Crippen LogP) is 3.41. The monoisotopic (exact) mass is 424 g/mol. The molecule has 2 aromatic rings. The molecule has 2 N–H and O–H groups in total. The van der Waals surface area contributed by atoms with Crippen molar-refractivity contribution < 1.29 is 23.5 Å². The first-order valence-corrected chi connectivity index (χ1v) is 10.7. The number of halogens is 1. The van der Waals surface area contributed by atoms with Crippen LogP contribution in [0.1, 0.15) is 41.6 Å². The lowest BCUT2D eigenvalue weighted by molar-refractivity contribution is -0.146. The molecule has 3 fully saturated rings. The zero-order chi connectivity index (χ0) is 21.6. The standard InChI is InChI=1S/C24H25FN2O4/c1-30-17-8-9-18-21(11-17)31-24(27-23(18)29)12-14-6-7-16(24)10-19(14)22(28)26-13-15-4-2-3-5-20(15)25/h2-5,8-9,11,14,16,19H,6-7,10,12-13H2,1H3,(H,26,28)(H,27,29)/t14-,16+,19+,24-/m1/s1. The Hall–Kier alpha value is -3.09. The molecule has 162 valence electrons. The van der Waals surface area contributed by atoms with E-state index in [9.17, 15) is 14.0 Å². The Labute approximate surface area is 180 Å². The smallest absolute Gasteiger partial charge is 0.258 e. The molecule has 7 heteroatoms. The first kappa shape index (κ1) is 19.8. The number of hydrogen-bond donors (Lipinski definition) is 2. The molecule has 6 rings (SSSR count). The Morgan fingerprint density at radius 3 is 2.87 bits per heavy atom. The fourth-order valence-electron chi connectivity index (χ4n) is 5.39. The fraction of sp³-hybridized carbons (Fsp3) is 0.417. The Morgan fingerprint density at radius 1 is 1.29 bits per heavy atom. The maximum atomic E-state index is 13.9. The van der Waals surface area contributed by atoms with Crippen LogP contribution in [0.25, 0.3) is 0 Å². The molecule has 6 nitrogen and oxygen atoms in total. The van der Waals surface area contributed by atoms with Gasteiger partial charge in [0, 0.05) is 36.4 Å². The van der Waals surface area contributed by atoms with Crippen LogP contribution in [0.3, 0.4) is 0 Å². The number of methoxy groups -OCH3 is 1. The van der Waals surface area contributed by atoms with Crippen LogP contribution < -0.4 is 20.1 Å². The molecular formula is C24H25FN2O4. The average Bonchev–Trinajstić information content (AvgIpc) is 2.78. The third-order valence-electron chi connectivity index (χ3n) is 7.02. The molecule has 4 atom stereocenters. The van der Waals surface area contributed by atoms with Crippen molar-refractivity contribution in [2.24, 2.45) is 17.8 Å². The van der Waals surface area contributed by atoms with E-state index in [1.54, 1.807) is 43.5 Å². The van der Waals surface area contributed by atoms with Gasteiger partial charge in [-0.25, -0.2) is 4.39 Å². The number of fused-ring (bicyclic) bond motifs is 3. The van der Waals surface area contributed by atoms with Gasteiger partial charge in [0.1, 0.15) is 17.3 Å². The first-order valence-electron chi connectivity index (χ1n) is 10.7. The Bertz CT molecular complexity index is 1040. The van der Waals surface area contributed by atoms with Gasteiger partial charge in [0.2, 0.25) is 5.91 Å². The SMILES string of the molecule is COc1ccc2c(c1)O[C@@]1(C[C@H]3CC[C@H]1C[C@@H]3C(=O)NCc1ccccc1F)NC2=O. The van der Waals surface area contributed by atoms with Gasteiger partial charge in [-0.2, -0.15) is 0 Å². The molecule has 31 heavy (non-hydrogen) atoms. The molecule has 2 amide bonds. The van der Waals surface area contributed by atoms with E-state index in [-0.39, 0.29) is 41.9 Å². The van der Waals surface area contributed by atoms with E-state index in [1.165, 1.54) is 6.07 Å². The number of amides is 2. The highest BCUT2D eigenvalue weighted by Crippen LogP contribution is 2.52. The van der Waals surface area contributed by atoms with Gasteiger partial charge >= 0.3 is 0 Å². The van der Waals surface area contributed by atoms with Gasteiger partial charge in [-0.05, 0) is 43.4 Å². The van der Waals surface area contributed by atoms with Gasteiger partial charge in [0.05, 0.1) is 12.7 Å². The second kappa shape index (κ2) is 7.55. The largest absolute Gasteiger partial charge is 0.497 e. The van der Waals surface area contributed by atoms with Crippen LogP contribution in [0.4, 0.5) is 4.39 Å². The van der Waals surface area contributed by atoms with Crippen molar-refractivity contribution >= 4 is 11.8 Å². The maximum Gasteiger partial charge on any atom is 0.258 e. The van der Waals surface area contributed by atoms with Gasteiger partial charge in [-0.3, -0.25) is 9.59 Å². The lowest BCUT2D eigenvalue weighted by Gasteiger charge is -2.55. The van der Waals surface area contributed by atoms with Gasteiger partial charge in [-0.15, -0.1) is 0 Å². The Kier molecular flexibility index (Phi) is 4.84. The quantitative estimate of drug-likeness (QED) is 0.789. The molecule has 3 saturated carbocycles. The second-order valence-electron chi connectivity index (χ2n) is 8.70. The molecule has 0 radical (unpaired) electrons. The number of hydrogen-bond acceptors (Lipinski definition) is 4. The summed E-state index contributed by atoms with van der Waals surface area (Å²) in [6.45, 7) is 0.172. The Balaban J connectivity index is 1.31. The number of carbonyl (C=O) groups is 2. The highest BCUT2D eigenvalue weighted by atomic mass is 19.1. The summed E-state index contributed by atoms with van der Waals surface area (Å²) in [7, 11) is 1.58. The van der Waals surface area contributed by atoms with Gasteiger partial charge in [-0.1, -0.05) is 18.2 Å². The zero-order valence-corrected chi connectivity index (χ0v) is 17.3. The summed E-state index contributed by atoms with van der Waals surface area (Å²) >= 11 is 0. The van der Waals surface area contributed by atoms with Crippen molar-refractivity contribution in [2.75, 3.05) is 7.11 Å². The molecule has 1 aliphatic heterocycles. The third-order valence-corrected chi connectivity index (χ3v) is 7.02. The molecular weight excluding hydrogens is 399 g/mol. The molecule has 1 spiro atoms. The minimum Gasteiger partial charge on any atom is -0.497 e. The molecule has 0 unspecified atom stereocenters. The minimum absolute atomic E-state index is 0.0324. The van der Waals surface area contributed by atoms with E-state index < -0.39 is 5.72 Å². The molecule has 2 bridgehead atoms. The Morgan fingerprint density at radius 2 is 2.13 bits per heavy atom. The van der Waals surface area contributed by atoms with Crippen LogP contribution in [0.15, 0.2) is 42.5 Å². The van der Waals surface area contributed by atoms with E-state index >= 15 is 0 Å². The molecule has 1 heterocycles. The van der Waals surface area contributed by atoms with E-state index in [0.717, 1.165) is 12.8 Å². The van der Waals surface area contributed by atoms with Gasteiger partial charge < -0.3 is 20.1 Å². The van der Waals surface area contributed by atoms with Crippen LogP contribution in [0, 0.1) is 23.6 Å². The third kappa shape index (κ3) is 3.42. The first-order chi connectivity index (χ1) is 15.0. The summed E-state index contributed by atoms with van der Waals surface area (Å²) in [4.78, 5) is 25.7. The molecule has 0 aromatic heterocycles. The predicted molar refractivity (Wildman–Crippen MR) is 111 cm³/mol. The van der Waals surface area contributed by atoms with E-state index in [0.29, 0.717) is 35.5 Å². The zero-order valence-electron chi connectivity index (χ0n) is 17.3.